The second kappa shape index (κ2) is 6.77. The van der Waals surface area contributed by atoms with Gasteiger partial charge in [0.1, 0.15) is 0 Å². The first-order chi connectivity index (χ1) is 7.99. The molecule has 0 aliphatic heterocycles. The zero-order valence-corrected chi connectivity index (χ0v) is 11.7. The first kappa shape index (κ1) is 14.2. The molecule has 2 N–H and O–H groups in total. The lowest BCUT2D eigenvalue weighted by Crippen LogP contribution is -2.31. The molecular formula is C13H18BrNO2. The Kier molecular flexibility index (Phi) is 5.65. The van der Waals surface area contributed by atoms with Gasteiger partial charge >= 0.3 is 0 Å². The second-order valence-electron chi connectivity index (χ2n) is 4.31. The molecular weight excluding hydrogens is 282 g/mol. The van der Waals surface area contributed by atoms with Crippen LogP contribution < -0.4 is 5.32 Å². The number of carbonyl (C=O) groups excluding carboxylic acids is 1. The van der Waals surface area contributed by atoms with Gasteiger partial charge < -0.3 is 10.4 Å². The van der Waals surface area contributed by atoms with Gasteiger partial charge in [0.05, 0.1) is 6.10 Å². The van der Waals surface area contributed by atoms with Gasteiger partial charge in [-0.2, -0.15) is 0 Å². The van der Waals surface area contributed by atoms with Crippen LogP contribution in [0.25, 0.3) is 0 Å². The first-order valence-electron chi connectivity index (χ1n) is 5.69. The molecule has 0 radical (unpaired) electrons. The normalized spacial score (nSPS) is 14.1. The summed E-state index contributed by atoms with van der Waals surface area (Å²) in [7, 11) is 0. The van der Waals surface area contributed by atoms with E-state index < -0.39 is 6.10 Å². The number of halogens is 1. The Morgan fingerprint density at radius 1 is 1.35 bits per heavy atom. The van der Waals surface area contributed by atoms with E-state index in [1.165, 1.54) is 0 Å². The zero-order valence-electron chi connectivity index (χ0n) is 10.1. The van der Waals surface area contributed by atoms with E-state index in [1.807, 2.05) is 31.2 Å². The Bertz CT molecular complexity index is 362. The minimum atomic E-state index is -0.498. The van der Waals surface area contributed by atoms with E-state index in [1.54, 1.807) is 6.92 Å². The molecule has 0 bridgehead atoms. The zero-order chi connectivity index (χ0) is 12.8. The number of rotatable bonds is 5. The fraction of sp³-hybridized carbons (Fsp3) is 0.462. The van der Waals surface area contributed by atoms with Crippen molar-refractivity contribution in [1.29, 1.82) is 0 Å². The summed E-state index contributed by atoms with van der Waals surface area (Å²) < 4.78 is 1.03. The van der Waals surface area contributed by atoms with Crippen LogP contribution in [0.1, 0.15) is 31.7 Å². The van der Waals surface area contributed by atoms with E-state index in [2.05, 4.69) is 21.2 Å². The summed E-state index contributed by atoms with van der Waals surface area (Å²) in [5, 5.41) is 11.8. The van der Waals surface area contributed by atoms with E-state index in [0.29, 0.717) is 13.0 Å². The molecule has 0 aliphatic rings. The lowest BCUT2D eigenvalue weighted by atomic mass is 9.97. The van der Waals surface area contributed by atoms with Gasteiger partial charge in [-0.3, -0.25) is 4.79 Å². The fourth-order valence-electron chi connectivity index (χ4n) is 1.52. The number of aliphatic hydroxyl groups is 1. The number of hydrogen-bond donors (Lipinski definition) is 2. The second-order valence-corrected chi connectivity index (χ2v) is 5.23. The molecule has 0 saturated carbocycles. The van der Waals surface area contributed by atoms with Crippen LogP contribution in [0, 0.1) is 0 Å². The van der Waals surface area contributed by atoms with Gasteiger partial charge in [-0.1, -0.05) is 35.0 Å². The summed E-state index contributed by atoms with van der Waals surface area (Å²) in [4.78, 5) is 11.6. The lowest BCUT2D eigenvalue weighted by Gasteiger charge is -2.13. The Labute approximate surface area is 110 Å². The van der Waals surface area contributed by atoms with Gasteiger partial charge in [0.25, 0.3) is 0 Å². The van der Waals surface area contributed by atoms with Gasteiger partial charge in [-0.05, 0) is 30.5 Å². The fourth-order valence-corrected chi connectivity index (χ4v) is 1.79. The van der Waals surface area contributed by atoms with Crippen molar-refractivity contribution < 1.29 is 9.90 Å². The number of aliphatic hydroxyl groups excluding tert-OH is 1. The van der Waals surface area contributed by atoms with Crippen LogP contribution in [0.2, 0.25) is 0 Å². The summed E-state index contributed by atoms with van der Waals surface area (Å²) in [6.45, 7) is 3.98. The molecule has 0 saturated heterocycles. The topological polar surface area (TPSA) is 49.3 Å². The van der Waals surface area contributed by atoms with Crippen molar-refractivity contribution in [2.24, 2.45) is 0 Å². The number of nitrogens with one attached hydrogen (secondary N) is 1. The molecule has 4 heteroatoms. The average Bonchev–Trinajstić information content (AvgIpc) is 2.27. The molecule has 0 aromatic heterocycles. The van der Waals surface area contributed by atoms with Gasteiger partial charge in [-0.25, -0.2) is 0 Å². The Morgan fingerprint density at radius 3 is 2.47 bits per heavy atom. The summed E-state index contributed by atoms with van der Waals surface area (Å²) >= 11 is 3.38. The number of amides is 1. The molecule has 3 nitrogen and oxygen atoms in total. The largest absolute Gasteiger partial charge is 0.392 e. The molecule has 0 heterocycles. The van der Waals surface area contributed by atoms with E-state index in [4.69, 9.17) is 5.11 Å². The highest BCUT2D eigenvalue weighted by Gasteiger charge is 2.11. The molecule has 0 aliphatic carbocycles. The molecule has 94 valence electrons. The Hall–Kier alpha value is -0.870. The quantitative estimate of drug-likeness (QED) is 0.877. The van der Waals surface area contributed by atoms with Crippen molar-refractivity contribution in [3.63, 3.8) is 0 Å². The van der Waals surface area contributed by atoms with Crippen LogP contribution in [-0.2, 0) is 4.79 Å². The molecule has 0 fully saturated rings. The van der Waals surface area contributed by atoms with E-state index in [0.717, 1.165) is 10.0 Å². The van der Waals surface area contributed by atoms with Gasteiger partial charge in [0, 0.05) is 17.4 Å². The van der Waals surface area contributed by atoms with Crippen LogP contribution >= 0.6 is 15.9 Å². The van der Waals surface area contributed by atoms with Crippen LogP contribution in [0.3, 0.4) is 0 Å². The molecule has 1 rings (SSSR count). The average molecular weight is 300 g/mol. The maximum absolute atomic E-state index is 11.6. The Morgan fingerprint density at radius 2 is 1.94 bits per heavy atom. The highest BCUT2D eigenvalue weighted by atomic mass is 79.9. The maximum Gasteiger partial charge on any atom is 0.220 e. The molecule has 17 heavy (non-hydrogen) atoms. The third kappa shape index (κ3) is 5.33. The monoisotopic (exact) mass is 299 g/mol. The summed E-state index contributed by atoms with van der Waals surface area (Å²) in [6.07, 6.45) is -0.0594. The number of hydrogen-bond acceptors (Lipinski definition) is 2. The van der Waals surface area contributed by atoms with E-state index >= 15 is 0 Å². The van der Waals surface area contributed by atoms with Crippen molar-refractivity contribution in [2.75, 3.05) is 6.54 Å². The molecule has 1 unspecified atom stereocenters. The van der Waals surface area contributed by atoms with Gasteiger partial charge in [-0.15, -0.1) is 0 Å². The van der Waals surface area contributed by atoms with Crippen molar-refractivity contribution in [3.8, 4) is 0 Å². The summed E-state index contributed by atoms with van der Waals surface area (Å²) in [5.74, 6) is 0.151. The number of carbonyl (C=O) groups is 1. The third-order valence-corrected chi connectivity index (χ3v) is 3.05. The molecule has 1 aromatic carbocycles. The summed E-state index contributed by atoms with van der Waals surface area (Å²) in [5.41, 5.74) is 1.14. The smallest absolute Gasteiger partial charge is 0.220 e. The maximum atomic E-state index is 11.6. The SMILES string of the molecule is CC(CC(=O)NC[C@@H](C)O)c1ccc(Br)cc1. The third-order valence-electron chi connectivity index (χ3n) is 2.53. The van der Waals surface area contributed by atoms with Gasteiger partial charge in [0.2, 0.25) is 5.91 Å². The van der Waals surface area contributed by atoms with E-state index in [-0.39, 0.29) is 11.8 Å². The minimum Gasteiger partial charge on any atom is -0.392 e. The van der Waals surface area contributed by atoms with Crippen molar-refractivity contribution >= 4 is 21.8 Å². The Balaban J connectivity index is 2.46. The van der Waals surface area contributed by atoms with E-state index in [9.17, 15) is 4.79 Å². The molecule has 1 aromatic rings. The molecule has 2 atom stereocenters. The van der Waals surface area contributed by atoms with Crippen LogP contribution in [0.5, 0.6) is 0 Å². The highest BCUT2D eigenvalue weighted by molar-refractivity contribution is 9.10. The molecule has 0 spiro atoms. The summed E-state index contributed by atoms with van der Waals surface area (Å²) in [6, 6.07) is 7.96. The minimum absolute atomic E-state index is 0.0266. The number of benzene rings is 1. The van der Waals surface area contributed by atoms with Crippen molar-refractivity contribution in [3.05, 3.63) is 34.3 Å². The highest BCUT2D eigenvalue weighted by Crippen LogP contribution is 2.20. The predicted molar refractivity (Wildman–Crippen MR) is 71.9 cm³/mol. The van der Waals surface area contributed by atoms with Crippen LogP contribution in [0.4, 0.5) is 0 Å². The van der Waals surface area contributed by atoms with Crippen LogP contribution in [-0.4, -0.2) is 23.7 Å². The molecule has 1 amide bonds. The van der Waals surface area contributed by atoms with Gasteiger partial charge in [0.15, 0.2) is 0 Å². The first-order valence-corrected chi connectivity index (χ1v) is 6.48. The standard InChI is InChI=1S/C13H18BrNO2/c1-9(7-13(17)15-8-10(2)16)11-3-5-12(14)6-4-11/h3-6,9-10,16H,7-8H2,1-2H3,(H,15,17)/t9?,10-/m1/s1. The predicted octanol–water partition coefficient (Wildman–Crippen LogP) is 2.44. The van der Waals surface area contributed by atoms with Crippen LogP contribution in [0.15, 0.2) is 28.7 Å². The van der Waals surface area contributed by atoms with Crippen molar-refractivity contribution in [2.45, 2.75) is 32.3 Å². The lowest BCUT2D eigenvalue weighted by molar-refractivity contribution is -0.121. The van der Waals surface area contributed by atoms with Crippen molar-refractivity contribution in [1.82, 2.24) is 5.32 Å².